The first kappa shape index (κ1) is 13.2. The van der Waals surface area contributed by atoms with E-state index in [-0.39, 0.29) is 0 Å². The second-order valence-electron chi connectivity index (χ2n) is 5.78. The summed E-state index contributed by atoms with van der Waals surface area (Å²) < 4.78 is 0. The van der Waals surface area contributed by atoms with Crippen molar-refractivity contribution in [3.05, 3.63) is 24.3 Å². The van der Waals surface area contributed by atoms with E-state index in [4.69, 9.17) is 5.73 Å². The summed E-state index contributed by atoms with van der Waals surface area (Å²) >= 11 is 0. The fourth-order valence-electron chi connectivity index (χ4n) is 3.17. The van der Waals surface area contributed by atoms with E-state index < -0.39 is 0 Å². The highest BCUT2D eigenvalue weighted by Crippen LogP contribution is 2.29. The average Bonchev–Trinajstić information content (AvgIpc) is 2.48. The maximum Gasteiger partial charge on any atom is 0.222 e. The fourth-order valence-corrected chi connectivity index (χ4v) is 3.17. The normalized spacial score (nSPS) is 18.1. The third-order valence-corrected chi connectivity index (χ3v) is 4.34. The second-order valence-corrected chi connectivity index (χ2v) is 5.78. The Morgan fingerprint density at radius 2 is 1.90 bits per heavy atom. The quantitative estimate of drug-likeness (QED) is 0.894. The highest BCUT2D eigenvalue weighted by Gasteiger charge is 2.21. The molecule has 0 bridgehead atoms. The topological polar surface area (TPSA) is 63.8 Å². The van der Waals surface area contributed by atoms with E-state index in [0.29, 0.717) is 12.0 Å². The van der Waals surface area contributed by atoms with Gasteiger partial charge in [-0.05, 0) is 37.8 Å². The third kappa shape index (κ3) is 2.69. The fraction of sp³-hybridized carbons (Fsp3) is 0.500. The molecule has 4 heteroatoms. The van der Waals surface area contributed by atoms with Gasteiger partial charge in [0.1, 0.15) is 5.82 Å². The molecule has 4 nitrogen and oxygen atoms in total. The van der Waals surface area contributed by atoms with Crippen LogP contribution in [0.3, 0.4) is 0 Å². The van der Waals surface area contributed by atoms with Crippen molar-refractivity contribution in [1.29, 1.82) is 0 Å². The van der Waals surface area contributed by atoms with E-state index in [1.54, 1.807) is 0 Å². The van der Waals surface area contributed by atoms with Gasteiger partial charge in [-0.2, -0.15) is 4.98 Å². The van der Waals surface area contributed by atoms with Crippen LogP contribution >= 0.6 is 0 Å². The molecule has 1 aliphatic carbocycles. The van der Waals surface area contributed by atoms with Gasteiger partial charge in [-0.3, -0.25) is 0 Å². The first-order valence-corrected chi connectivity index (χ1v) is 7.53. The Labute approximate surface area is 119 Å². The lowest BCUT2D eigenvalue weighted by molar-refractivity contribution is 0.328. The van der Waals surface area contributed by atoms with Crippen molar-refractivity contribution in [2.45, 2.75) is 45.1 Å². The van der Waals surface area contributed by atoms with Crippen LogP contribution in [0.25, 0.3) is 10.9 Å². The van der Waals surface area contributed by atoms with Gasteiger partial charge >= 0.3 is 0 Å². The number of aromatic nitrogens is 2. The van der Waals surface area contributed by atoms with Gasteiger partial charge in [0.25, 0.3) is 0 Å². The number of anilines is 2. The van der Waals surface area contributed by atoms with Crippen molar-refractivity contribution in [3.63, 3.8) is 0 Å². The predicted octanol–water partition coefficient (Wildman–Crippen LogP) is 3.59. The van der Waals surface area contributed by atoms with Crippen LogP contribution in [0.15, 0.2) is 24.3 Å². The van der Waals surface area contributed by atoms with E-state index in [1.165, 1.54) is 32.1 Å². The molecule has 1 saturated carbocycles. The molecule has 0 amide bonds. The van der Waals surface area contributed by atoms with Gasteiger partial charge in [-0.1, -0.05) is 31.4 Å². The Morgan fingerprint density at radius 1 is 1.15 bits per heavy atom. The number of nitrogens with one attached hydrogen (secondary N) is 1. The summed E-state index contributed by atoms with van der Waals surface area (Å²) in [5.74, 6) is 1.94. The molecule has 1 unspecified atom stereocenters. The van der Waals surface area contributed by atoms with Crippen molar-refractivity contribution in [3.8, 4) is 0 Å². The van der Waals surface area contributed by atoms with Crippen molar-refractivity contribution < 1.29 is 0 Å². The zero-order valence-electron chi connectivity index (χ0n) is 12.0. The predicted molar refractivity (Wildman–Crippen MR) is 83.6 cm³/mol. The lowest BCUT2D eigenvalue weighted by atomic mass is 9.84. The zero-order valence-corrected chi connectivity index (χ0v) is 12.0. The number of rotatable bonds is 3. The van der Waals surface area contributed by atoms with Crippen LogP contribution < -0.4 is 11.1 Å². The van der Waals surface area contributed by atoms with Crippen LogP contribution in [0.1, 0.15) is 39.0 Å². The molecule has 1 atom stereocenters. The number of hydrogen-bond donors (Lipinski definition) is 2. The summed E-state index contributed by atoms with van der Waals surface area (Å²) in [6.45, 7) is 2.25. The van der Waals surface area contributed by atoms with Crippen LogP contribution in [0.4, 0.5) is 11.8 Å². The molecule has 0 saturated heterocycles. The number of para-hydroxylation sites is 1. The van der Waals surface area contributed by atoms with Gasteiger partial charge in [0, 0.05) is 11.4 Å². The Bertz CT molecular complexity index is 590. The van der Waals surface area contributed by atoms with Crippen LogP contribution in [-0.4, -0.2) is 16.0 Å². The Morgan fingerprint density at radius 3 is 2.70 bits per heavy atom. The maximum absolute atomic E-state index is 5.82. The monoisotopic (exact) mass is 270 g/mol. The van der Waals surface area contributed by atoms with Crippen molar-refractivity contribution >= 4 is 22.7 Å². The standard InChI is InChI=1S/C16H22N4/c1-11(12-7-3-2-4-8-12)18-15-13-9-5-6-10-14(13)19-16(17)20-15/h5-6,9-12H,2-4,7-8H2,1H3,(H3,17,18,19,20). The molecule has 0 aliphatic heterocycles. The highest BCUT2D eigenvalue weighted by molar-refractivity contribution is 5.89. The smallest absolute Gasteiger partial charge is 0.222 e. The van der Waals surface area contributed by atoms with E-state index in [2.05, 4.69) is 22.2 Å². The van der Waals surface area contributed by atoms with E-state index in [1.807, 2.05) is 24.3 Å². The van der Waals surface area contributed by atoms with Gasteiger partial charge in [0.2, 0.25) is 5.95 Å². The van der Waals surface area contributed by atoms with Crippen LogP contribution in [0.2, 0.25) is 0 Å². The van der Waals surface area contributed by atoms with Gasteiger partial charge < -0.3 is 11.1 Å². The van der Waals surface area contributed by atoms with Crippen LogP contribution in [-0.2, 0) is 0 Å². The molecule has 1 aromatic carbocycles. The largest absolute Gasteiger partial charge is 0.368 e. The molecule has 2 aromatic rings. The number of benzene rings is 1. The minimum atomic E-state index is 0.335. The summed E-state index contributed by atoms with van der Waals surface area (Å²) in [7, 11) is 0. The summed E-state index contributed by atoms with van der Waals surface area (Å²) in [5, 5.41) is 4.61. The molecule has 1 aromatic heterocycles. The van der Waals surface area contributed by atoms with E-state index in [9.17, 15) is 0 Å². The lowest BCUT2D eigenvalue weighted by Gasteiger charge is -2.29. The zero-order chi connectivity index (χ0) is 13.9. The molecule has 1 heterocycles. The number of nitrogens with two attached hydrogens (primary N) is 1. The second kappa shape index (κ2) is 5.65. The molecule has 106 valence electrons. The van der Waals surface area contributed by atoms with E-state index in [0.717, 1.165) is 22.6 Å². The summed E-state index contributed by atoms with van der Waals surface area (Å²) in [5.41, 5.74) is 6.72. The first-order chi connectivity index (χ1) is 9.74. The average molecular weight is 270 g/mol. The molecule has 20 heavy (non-hydrogen) atoms. The molecule has 3 rings (SSSR count). The van der Waals surface area contributed by atoms with Gasteiger partial charge in [0.15, 0.2) is 0 Å². The van der Waals surface area contributed by atoms with Crippen LogP contribution in [0.5, 0.6) is 0 Å². The maximum atomic E-state index is 5.82. The Hall–Kier alpha value is -1.84. The van der Waals surface area contributed by atoms with Gasteiger partial charge in [-0.25, -0.2) is 4.98 Å². The SMILES string of the molecule is CC(Nc1nc(N)nc2ccccc12)C1CCCCC1. The third-order valence-electron chi connectivity index (χ3n) is 4.34. The molecule has 3 N–H and O–H groups in total. The number of fused-ring (bicyclic) bond motifs is 1. The Balaban J connectivity index is 1.86. The lowest BCUT2D eigenvalue weighted by Crippen LogP contribution is -2.28. The molecule has 0 spiro atoms. The van der Waals surface area contributed by atoms with Crippen molar-refractivity contribution in [1.82, 2.24) is 9.97 Å². The summed E-state index contributed by atoms with van der Waals surface area (Å²) in [6.07, 6.45) is 6.71. The van der Waals surface area contributed by atoms with Gasteiger partial charge in [0.05, 0.1) is 5.52 Å². The first-order valence-electron chi connectivity index (χ1n) is 7.53. The number of nitrogen functional groups attached to an aromatic ring is 1. The number of nitrogens with zero attached hydrogens (tertiary/aromatic N) is 2. The molecular formula is C16H22N4. The minimum Gasteiger partial charge on any atom is -0.368 e. The van der Waals surface area contributed by atoms with Crippen molar-refractivity contribution in [2.24, 2.45) is 5.92 Å². The highest BCUT2D eigenvalue weighted by atomic mass is 15.1. The van der Waals surface area contributed by atoms with E-state index >= 15 is 0 Å². The van der Waals surface area contributed by atoms with Gasteiger partial charge in [-0.15, -0.1) is 0 Å². The molecule has 1 aliphatic rings. The summed E-state index contributed by atoms with van der Waals surface area (Å²) in [6, 6.07) is 8.43. The number of hydrogen-bond acceptors (Lipinski definition) is 4. The Kier molecular flexibility index (Phi) is 3.72. The molecule has 1 fully saturated rings. The van der Waals surface area contributed by atoms with Crippen LogP contribution in [0, 0.1) is 5.92 Å². The minimum absolute atomic E-state index is 0.335. The van der Waals surface area contributed by atoms with Crippen molar-refractivity contribution in [2.75, 3.05) is 11.1 Å². The molecular weight excluding hydrogens is 248 g/mol. The summed E-state index contributed by atoms with van der Waals surface area (Å²) in [4.78, 5) is 8.67. The molecule has 0 radical (unpaired) electrons.